The molecule has 0 amide bonds. The van der Waals surface area contributed by atoms with E-state index in [4.69, 9.17) is 23.2 Å². The van der Waals surface area contributed by atoms with Crippen LogP contribution in [-0.2, 0) is 0 Å². The Balaban J connectivity index is 1.67. The number of alkyl halides is 2. The highest BCUT2D eigenvalue weighted by Crippen LogP contribution is 2.57. The number of rotatable bonds is 2. The van der Waals surface area contributed by atoms with E-state index in [1.54, 1.807) is 0 Å². The Hall–Kier alpha value is -2.32. The van der Waals surface area contributed by atoms with Gasteiger partial charge in [0.2, 0.25) is 0 Å². The van der Waals surface area contributed by atoms with Crippen LogP contribution >= 0.6 is 23.2 Å². The van der Waals surface area contributed by atoms with Crippen molar-refractivity contribution in [3.8, 4) is 0 Å². The van der Waals surface area contributed by atoms with Crippen LogP contribution in [0.2, 0.25) is 13.1 Å². The molecule has 33 heavy (non-hydrogen) atoms. The molecule has 2 aliphatic rings. The molecule has 0 bridgehead atoms. The molecule has 0 aliphatic heterocycles. The zero-order chi connectivity index (χ0) is 23.1. The van der Waals surface area contributed by atoms with Gasteiger partial charge in [0.05, 0.1) is 10.8 Å². The second-order valence-electron chi connectivity index (χ2n) is 9.97. The highest BCUT2D eigenvalue weighted by Gasteiger charge is 2.45. The summed E-state index contributed by atoms with van der Waals surface area (Å²) in [4.78, 5) is 0. The summed E-state index contributed by atoms with van der Waals surface area (Å²) in [6.07, 6.45) is 0. The standard InChI is InChI=1S/C30H26Cl2Si/c1-17-27(31)23-15-13-19-9-5-7-11-21(19)25(23)29(17)33(3,4)30-18(2)28(32)24-16-14-20-10-6-8-12-22(20)26(24)30/h5-16,27-28H,1-4H3. The first-order valence-corrected chi connectivity index (χ1v) is 15.4. The lowest BCUT2D eigenvalue weighted by atomic mass is 10.0. The Kier molecular flexibility index (Phi) is 4.72. The maximum absolute atomic E-state index is 7.08. The first kappa shape index (κ1) is 21.2. The quantitative estimate of drug-likeness (QED) is 0.196. The van der Waals surface area contributed by atoms with Gasteiger partial charge in [0.1, 0.15) is 8.07 Å². The second-order valence-corrected chi connectivity index (χ2v) is 15.1. The molecule has 3 heteroatoms. The highest BCUT2D eigenvalue weighted by atomic mass is 35.5. The number of hydrogen-bond donors (Lipinski definition) is 0. The average molecular weight is 486 g/mol. The van der Waals surface area contributed by atoms with Gasteiger partial charge in [0.15, 0.2) is 0 Å². The van der Waals surface area contributed by atoms with E-state index >= 15 is 0 Å². The molecule has 0 fully saturated rings. The van der Waals surface area contributed by atoms with Crippen LogP contribution in [0.15, 0.2) is 83.9 Å². The van der Waals surface area contributed by atoms with Gasteiger partial charge in [-0.15, -0.1) is 23.2 Å². The molecule has 164 valence electrons. The Bertz CT molecular complexity index is 1420. The summed E-state index contributed by atoms with van der Waals surface area (Å²) in [5, 5.41) is 7.97. The van der Waals surface area contributed by atoms with Crippen LogP contribution in [0, 0.1) is 0 Å². The number of fused-ring (bicyclic) bond motifs is 6. The van der Waals surface area contributed by atoms with Crippen LogP contribution in [-0.4, -0.2) is 8.07 Å². The molecule has 0 spiro atoms. The molecular formula is C30H26Cl2Si. The van der Waals surface area contributed by atoms with Gasteiger partial charge in [0.25, 0.3) is 0 Å². The smallest absolute Gasteiger partial charge is 0.113 e. The molecule has 0 saturated heterocycles. The molecule has 6 rings (SSSR count). The first-order valence-electron chi connectivity index (χ1n) is 11.6. The lowest BCUT2D eigenvalue weighted by Crippen LogP contribution is -2.31. The Morgan fingerprint density at radius 3 is 1.39 bits per heavy atom. The molecule has 0 N–H and O–H groups in total. The van der Waals surface area contributed by atoms with Crippen molar-refractivity contribution in [2.75, 3.05) is 0 Å². The van der Waals surface area contributed by atoms with Crippen molar-refractivity contribution in [2.24, 2.45) is 0 Å². The zero-order valence-corrected chi connectivity index (χ0v) is 21.9. The largest absolute Gasteiger partial charge is 0.113 e. The van der Waals surface area contributed by atoms with E-state index in [1.165, 1.54) is 65.3 Å². The summed E-state index contributed by atoms with van der Waals surface area (Å²) in [6.45, 7) is 9.46. The predicted molar refractivity (Wildman–Crippen MR) is 148 cm³/mol. The van der Waals surface area contributed by atoms with Gasteiger partial charge in [0, 0.05) is 0 Å². The molecule has 0 radical (unpaired) electrons. The van der Waals surface area contributed by atoms with Crippen LogP contribution in [0.5, 0.6) is 0 Å². The summed E-state index contributed by atoms with van der Waals surface area (Å²) in [7, 11) is -2.19. The number of hydrogen-bond acceptors (Lipinski definition) is 0. The molecule has 0 nitrogen and oxygen atoms in total. The summed E-state index contributed by atoms with van der Waals surface area (Å²) in [5.41, 5.74) is 7.84. The molecule has 4 aromatic carbocycles. The Labute approximate surface area is 206 Å². The average Bonchev–Trinajstić information content (AvgIpc) is 3.25. The van der Waals surface area contributed by atoms with Gasteiger partial charge in [-0.2, -0.15) is 0 Å². The maximum Gasteiger partial charge on any atom is 0.113 e. The monoisotopic (exact) mass is 484 g/mol. The normalized spacial score (nSPS) is 20.2. The van der Waals surface area contributed by atoms with Gasteiger partial charge in [-0.3, -0.25) is 0 Å². The minimum Gasteiger partial charge on any atom is -0.113 e. The van der Waals surface area contributed by atoms with E-state index < -0.39 is 8.07 Å². The van der Waals surface area contributed by atoms with Gasteiger partial charge < -0.3 is 0 Å². The van der Waals surface area contributed by atoms with Crippen molar-refractivity contribution in [1.82, 2.24) is 0 Å². The maximum atomic E-state index is 7.08. The summed E-state index contributed by atoms with van der Waals surface area (Å²) in [5.74, 6) is 0. The fraction of sp³-hybridized carbons (Fsp3) is 0.200. The van der Waals surface area contributed by atoms with Crippen molar-refractivity contribution in [2.45, 2.75) is 37.7 Å². The van der Waals surface area contributed by atoms with Gasteiger partial charge in [-0.1, -0.05) is 97.0 Å². The van der Waals surface area contributed by atoms with Crippen molar-refractivity contribution in [1.29, 1.82) is 0 Å². The van der Waals surface area contributed by atoms with Crippen molar-refractivity contribution >= 4 is 63.2 Å². The fourth-order valence-corrected chi connectivity index (χ4v) is 11.5. The molecule has 0 saturated carbocycles. The molecule has 0 heterocycles. The Morgan fingerprint density at radius 1 is 0.576 bits per heavy atom. The third-order valence-electron chi connectivity index (χ3n) is 7.77. The molecule has 2 aliphatic carbocycles. The minimum absolute atomic E-state index is 0.0764. The van der Waals surface area contributed by atoms with Crippen LogP contribution in [0.1, 0.15) is 46.9 Å². The summed E-state index contributed by atoms with van der Waals surface area (Å²) >= 11 is 14.2. The van der Waals surface area contributed by atoms with E-state index in [0.717, 1.165) is 0 Å². The van der Waals surface area contributed by atoms with Gasteiger partial charge in [-0.25, -0.2) is 0 Å². The molecule has 4 aromatic rings. The Morgan fingerprint density at radius 2 is 0.970 bits per heavy atom. The van der Waals surface area contributed by atoms with E-state index in [1.807, 2.05) is 0 Å². The highest BCUT2D eigenvalue weighted by molar-refractivity contribution is 7.09. The molecule has 2 unspecified atom stereocenters. The van der Waals surface area contributed by atoms with E-state index in [2.05, 4.69) is 99.7 Å². The molecule has 0 aromatic heterocycles. The van der Waals surface area contributed by atoms with Crippen molar-refractivity contribution in [3.05, 3.63) is 106 Å². The topological polar surface area (TPSA) is 0 Å². The predicted octanol–water partition coefficient (Wildman–Crippen LogP) is 9.61. The van der Waals surface area contributed by atoms with Crippen molar-refractivity contribution in [3.63, 3.8) is 0 Å². The summed E-state index contributed by atoms with van der Waals surface area (Å²) in [6, 6.07) is 26.3. The summed E-state index contributed by atoms with van der Waals surface area (Å²) < 4.78 is 0. The van der Waals surface area contributed by atoms with Crippen LogP contribution in [0.4, 0.5) is 0 Å². The number of benzene rings is 4. The van der Waals surface area contributed by atoms with E-state index in [0.29, 0.717) is 0 Å². The molecule has 2 atom stereocenters. The lowest BCUT2D eigenvalue weighted by Gasteiger charge is -2.31. The third-order valence-corrected chi connectivity index (χ3v) is 12.7. The van der Waals surface area contributed by atoms with Crippen LogP contribution in [0.3, 0.4) is 0 Å². The minimum atomic E-state index is -2.19. The zero-order valence-electron chi connectivity index (χ0n) is 19.3. The SMILES string of the molecule is CC1=C([Si](C)(C)C2=C(C)C(Cl)c3ccc4ccccc4c32)c2c(ccc3ccccc23)C1Cl. The van der Waals surface area contributed by atoms with Gasteiger partial charge in [-0.05, 0) is 68.0 Å². The lowest BCUT2D eigenvalue weighted by molar-refractivity contribution is 1.14. The van der Waals surface area contributed by atoms with Crippen molar-refractivity contribution < 1.29 is 0 Å². The fourth-order valence-electron chi connectivity index (χ4n) is 6.41. The number of allylic oxidation sites excluding steroid dienone is 2. The first-order chi connectivity index (χ1) is 15.8. The molecular weight excluding hydrogens is 459 g/mol. The second kappa shape index (κ2) is 7.34. The third kappa shape index (κ3) is 2.83. The van der Waals surface area contributed by atoms with Crippen LogP contribution < -0.4 is 0 Å². The van der Waals surface area contributed by atoms with Gasteiger partial charge >= 0.3 is 0 Å². The number of halogens is 2. The van der Waals surface area contributed by atoms with Crippen LogP contribution in [0.25, 0.3) is 31.9 Å². The van der Waals surface area contributed by atoms with E-state index in [-0.39, 0.29) is 10.8 Å². The van der Waals surface area contributed by atoms with E-state index in [9.17, 15) is 0 Å².